The van der Waals surface area contributed by atoms with Crippen molar-refractivity contribution in [1.29, 1.82) is 0 Å². The molecule has 0 unspecified atom stereocenters. The van der Waals surface area contributed by atoms with Gasteiger partial charge in [0.05, 0.1) is 12.7 Å². The number of nitrogens with one attached hydrogen (secondary N) is 1. The number of primary amides is 1. The van der Waals surface area contributed by atoms with Gasteiger partial charge in [0.2, 0.25) is 0 Å². The van der Waals surface area contributed by atoms with E-state index >= 15 is 0 Å². The van der Waals surface area contributed by atoms with E-state index in [0.29, 0.717) is 17.4 Å². The van der Waals surface area contributed by atoms with Crippen LogP contribution >= 0.6 is 0 Å². The summed E-state index contributed by atoms with van der Waals surface area (Å²) in [6.07, 6.45) is 3.49. The predicted molar refractivity (Wildman–Crippen MR) is 84.9 cm³/mol. The van der Waals surface area contributed by atoms with Gasteiger partial charge in [-0.3, -0.25) is 4.79 Å². The lowest BCUT2D eigenvalue weighted by molar-refractivity contribution is 0.0997. The average molecular weight is 291 g/mol. The molecule has 1 saturated heterocycles. The van der Waals surface area contributed by atoms with E-state index in [4.69, 9.17) is 10.5 Å². The van der Waals surface area contributed by atoms with Crippen LogP contribution in [0.15, 0.2) is 18.2 Å². The summed E-state index contributed by atoms with van der Waals surface area (Å²) >= 11 is 0. The number of likely N-dealkylation sites (tertiary alicyclic amines) is 1. The van der Waals surface area contributed by atoms with Crippen molar-refractivity contribution in [2.24, 2.45) is 5.73 Å². The van der Waals surface area contributed by atoms with Gasteiger partial charge in [-0.05, 0) is 37.9 Å². The number of rotatable bonds is 6. The second kappa shape index (κ2) is 7.31. The van der Waals surface area contributed by atoms with Crippen LogP contribution in [0.25, 0.3) is 0 Å². The highest BCUT2D eigenvalue weighted by Crippen LogP contribution is 2.24. The van der Waals surface area contributed by atoms with Gasteiger partial charge in [0.25, 0.3) is 5.91 Å². The van der Waals surface area contributed by atoms with Crippen LogP contribution in [0.3, 0.4) is 0 Å². The van der Waals surface area contributed by atoms with Gasteiger partial charge in [0.1, 0.15) is 5.75 Å². The summed E-state index contributed by atoms with van der Waals surface area (Å²) in [7, 11) is 1.55. The summed E-state index contributed by atoms with van der Waals surface area (Å²) in [5.41, 5.74) is 6.72. The highest BCUT2D eigenvalue weighted by Gasteiger charge is 2.19. The molecule has 21 heavy (non-hydrogen) atoms. The van der Waals surface area contributed by atoms with Crippen LogP contribution in [0.5, 0.6) is 5.75 Å². The fraction of sp³-hybridized carbons (Fsp3) is 0.562. The number of carbonyl (C=O) groups is 1. The maximum atomic E-state index is 11.3. The van der Waals surface area contributed by atoms with E-state index in [1.54, 1.807) is 13.2 Å². The fourth-order valence-corrected chi connectivity index (χ4v) is 2.84. The second-order valence-corrected chi connectivity index (χ2v) is 5.54. The minimum Gasteiger partial charge on any atom is -0.496 e. The zero-order valence-corrected chi connectivity index (χ0v) is 12.9. The number of nitrogens with two attached hydrogens (primary N) is 1. The molecule has 1 heterocycles. The Kier molecular flexibility index (Phi) is 5.44. The van der Waals surface area contributed by atoms with Crippen LogP contribution in [0, 0.1) is 0 Å². The maximum absolute atomic E-state index is 11.3. The zero-order valence-electron chi connectivity index (χ0n) is 12.9. The molecule has 0 aliphatic carbocycles. The molecular weight excluding hydrogens is 266 g/mol. The molecule has 0 atom stereocenters. The molecule has 1 amide bonds. The number of ether oxygens (including phenoxy) is 1. The number of nitrogens with zero attached hydrogens (tertiary/aromatic N) is 1. The van der Waals surface area contributed by atoms with Gasteiger partial charge in [0, 0.05) is 30.9 Å². The first-order valence-electron chi connectivity index (χ1n) is 7.60. The average Bonchev–Trinajstić information content (AvgIpc) is 2.49. The topological polar surface area (TPSA) is 67.6 Å². The van der Waals surface area contributed by atoms with Gasteiger partial charge in [-0.25, -0.2) is 0 Å². The summed E-state index contributed by atoms with van der Waals surface area (Å²) in [5, 5.41) is 3.53. The van der Waals surface area contributed by atoms with Crippen molar-refractivity contribution >= 4 is 11.6 Å². The molecule has 1 aliphatic heterocycles. The molecule has 5 nitrogen and oxygen atoms in total. The van der Waals surface area contributed by atoms with Gasteiger partial charge >= 0.3 is 0 Å². The van der Waals surface area contributed by atoms with Crippen LogP contribution in [0.4, 0.5) is 5.69 Å². The van der Waals surface area contributed by atoms with E-state index in [1.807, 2.05) is 12.1 Å². The summed E-state index contributed by atoms with van der Waals surface area (Å²) in [6, 6.07) is 5.93. The molecule has 1 fully saturated rings. The van der Waals surface area contributed by atoms with Crippen molar-refractivity contribution in [2.75, 3.05) is 32.1 Å². The number of piperidine rings is 1. The highest BCUT2D eigenvalue weighted by atomic mass is 16.5. The number of hydrogen-bond donors (Lipinski definition) is 2. The molecule has 0 bridgehead atoms. The number of amides is 1. The predicted octanol–water partition coefficient (Wildman–Crippen LogP) is 2.08. The Bertz CT molecular complexity index is 482. The number of carbonyl (C=O) groups excluding carboxylic acids is 1. The molecule has 0 spiro atoms. The number of hydrogen-bond acceptors (Lipinski definition) is 4. The molecular formula is C16H25N3O2. The smallest absolute Gasteiger partial charge is 0.252 e. The molecule has 0 radical (unpaired) electrons. The summed E-state index contributed by atoms with van der Waals surface area (Å²) in [4.78, 5) is 13.8. The van der Waals surface area contributed by atoms with Gasteiger partial charge in [-0.2, -0.15) is 0 Å². The van der Waals surface area contributed by atoms with Crippen LogP contribution in [0.1, 0.15) is 36.5 Å². The Morgan fingerprint density at radius 1 is 1.43 bits per heavy atom. The SMILES string of the molecule is CCCN1CCC(Nc2ccc(C(N)=O)c(OC)c2)CC1. The van der Waals surface area contributed by atoms with Crippen molar-refractivity contribution in [3.05, 3.63) is 23.8 Å². The fourth-order valence-electron chi connectivity index (χ4n) is 2.84. The molecule has 116 valence electrons. The first-order valence-corrected chi connectivity index (χ1v) is 7.60. The van der Waals surface area contributed by atoms with Gasteiger partial charge in [-0.15, -0.1) is 0 Å². The van der Waals surface area contributed by atoms with Crippen molar-refractivity contribution in [3.63, 3.8) is 0 Å². The molecule has 3 N–H and O–H groups in total. The second-order valence-electron chi connectivity index (χ2n) is 5.54. The van der Waals surface area contributed by atoms with Crippen molar-refractivity contribution < 1.29 is 9.53 Å². The van der Waals surface area contributed by atoms with E-state index < -0.39 is 5.91 Å². The van der Waals surface area contributed by atoms with Crippen molar-refractivity contribution in [3.8, 4) is 5.75 Å². The molecule has 1 aromatic rings. The van der Waals surface area contributed by atoms with Crippen LogP contribution < -0.4 is 15.8 Å². The van der Waals surface area contributed by atoms with Crippen LogP contribution in [-0.2, 0) is 0 Å². The first-order chi connectivity index (χ1) is 10.1. The Labute approximate surface area is 126 Å². The standard InChI is InChI=1S/C16H25N3O2/c1-3-8-19-9-6-12(7-10-19)18-13-4-5-14(16(17)20)15(11-13)21-2/h4-5,11-12,18H,3,6-10H2,1-2H3,(H2,17,20). The minimum absolute atomic E-state index is 0.417. The third kappa shape index (κ3) is 4.11. The maximum Gasteiger partial charge on any atom is 0.252 e. The molecule has 0 saturated carbocycles. The normalized spacial score (nSPS) is 16.7. The van der Waals surface area contributed by atoms with Crippen LogP contribution in [0.2, 0.25) is 0 Å². The lowest BCUT2D eigenvalue weighted by atomic mass is 10.0. The number of benzene rings is 1. The van der Waals surface area contributed by atoms with E-state index in [0.717, 1.165) is 31.6 Å². The quantitative estimate of drug-likeness (QED) is 0.842. The lowest BCUT2D eigenvalue weighted by Gasteiger charge is -2.32. The van der Waals surface area contributed by atoms with Gasteiger partial charge < -0.3 is 20.7 Å². The highest BCUT2D eigenvalue weighted by molar-refractivity contribution is 5.96. The van der Waals surface area contributed by atoms with Gasteiger partial charge in [0.15, 0.2) is 0 Å². The molecule has 0 aromatic heterocycles. The Morgan fingerprint density at radius 2 is 2.14 bits per heavy atom. The zero-order chi connectivity index (χ0) is 15.2. The van der Waals surface area contributed by atoms with E-state index in [9.17, 15) is 4.79 Å². The first kappa shape index (κ1) is 15.6. The lowest BCUT2D eigenvalue weighted by Crippen LogP contribution is -2.39. The molecule has 2 rings (SSSR count). The number of methoxy groups -OCH3 is 1. The Morgan fingerprint density at radius 3 is 2.71 bits per heavy atom. The minimum atomic E-state index is -0.466. The molecule has 5 heteroatoms. The third-order valence-corrected chi connectivity index (χ3v) is 3.97. The molecule has 1 aliphatic rings. The van der Waals surface area contributed by atoms with Crippen LogP contribution in [-0.4, -0.2) is 43.6 Å². The van der Waals surface area contributed by atoms with E-state index in [1.165, 1.54) is 13.0 Å². The summed E-state index contributed by atoms with van der Waals surface area (Å²) in [5.74, 6) is 0.0576. The van der Waals surface area contributed by atoms with Crippen molar-refractivity contribution in [1.82, 2.24) is 4.90 Å². The summed E-state index contributed by atoms with van der Waals surface area (Å²) in [6.45, 7) is 5.69. The monoisotopic (exact) mass is 291 g/mol. The van der Waals surface area contributed by atoms with E-state index in [-0.39, 0.29) is 0 Å². The van der Waals surface area contributed by atoms with E-state index in [2.05, 4.69) is 17.1 Å². The summed E-state index contributed by atoms with van der Waals surface area (Å²) < 4.78 is 5.24. The largest absolute Gasteiger partial charge is 0.496 e. The number of anilines is 1. The Hall–Kier alpha value is -1.75. The van der Waals surface area contributed by atoms with Crippen molar-refractivity contribution in [2.45, 2.75) is 32.2 Å². The third-order valence-electron chi connectivity index (χ3n) is 3.97. The van der Waals surface area contributed by atoms with Gasteiger partial charge in [-0.1, -0.05) is 6.92 Å². The molecule has 1 aromatic carbocycles. The Balaban J connectivity index is 1.96.